The molecule has 0 aliphatic rings. The monoisotopic (exact) mass is 344 g/mol. The Balaban J connectivity index is 0.00000121. The Kier molecular flexibility index (Phi) is 6.39. The van der Waals surface area contributed by atoms with E-state index in [1.165, 1.54) is 13.2 Å². The summed E-state index contributed by atoms with van der Waals surface area (Å²) in [5.41, 5.74) is 1.69. The van der Waals surface area contributed by atoms with E-state index in [1.807, 2.05) is 21.5 Å². The first kappa shape index (κ1) is 18.0. The molecule has 0 unspecified atom stereocenters. The molecule has 0 saturated carbocycles. The van der Waals surface area contributed by atoms with Gasteiger partial charge in [0.05, 0.1) is 37.7 Å². The van der Waals surface area contributed by atoms with Gasteiger partial charge in [0.2, 0.25) is 0 Å². The van der Waals surface area contributed by atoms with E-state index in [-0.39, 0.29) is 36.4 Å². The molecule has 0 amide bonds. The number of nitrogens with zero attached hydrogens (tertiary/aromatic N) is 4. The van der Waals surface area contributed by atoms with Crippen LogP contribution >= 0.6 is 24.8 Å². The molecule has 0 N–H and O–H groups in total. The van der Waals surface area contributed by atoms with Gasteiger partial charge in [-0.05, 0) is 12.1 Å². The first-order valence-corrected chi connectivity index (χ1v) is 6.09. The Bertz CT molecular complexity index is 715. The lowest BCUT2D eigenvalue weighted by atomic mass is 10.3. The zero-order chi connectivity index (χ0) is 13.9. The molecule has 5 nitrogen and oxygen atoms in total. The van der Waals surface area contributed by atoms with Gasteiger partial charge in [0.25, 0.3) is 0 Å². The number of imidazole rings is 2. The van der Waals surface area contributed by atoms with Crippen molar-refractivity contribution in [2.24, 2.45) is 0 Å². The van der Waals surface area contributed by atoms with Gasteiger partial charge in [-0.3, -0.25) is 0 Å². The van der Waals surface area contributed by atoms with Crippen molar-refractivity contribution in [2.75, 3.05) is 7.11 Å². The van der Waals surface area contributed by atoms with Gasteiger partial charge in [0.15, 0.2) is 11.6 Å². The summed E-state index contributed by atoms with van der Waals surface area (Å²) in [6.45, 7) is 0.644. The number of hydrogen-bond acceptors (Lipinski definition) is 3. The van der Waals surface area contributed by atoms with Crippen LogP contribution in [0.25, 0.3) is 5.69 Å². The third kappa shape index (κ3) is 3.78. The maximum Gasteiger partial charge on any atom is 0.165 e. The minimum atomic E-state index is -0.380. The predicted octanol–water partition coefficient (Wildman–Crippen LogP) is 3.11. The van der Waals surface area contributed by atoms with Crippen LogP contribution in [0.1, 0.15) is 5.69 Å². The van der Waals surface area contributed by atoms with Crippen molar-refractivity contribution in [2.45, 2.75) is 6.54 Å². The fourth-order valence-electron chi connectivity index (χ4n) is 1.96. The van der Waals surface area contributed by atoms with Crippen LogP contribution in [0.5, 0.6) is 5.75 Å². The highest BCUT2D eigenvalue weighted by Gasteiger charge is 2.06. The summed E-state index contributed by atoms with van der Waals surface area (Å²) in [5, 5.41) is 0. The summed E-state index contributed by atoms with van der Waals surface area (Å²) in [5.74, 6) is -0.164. The smallest absolute Gasteiger partial charge is 0.165 e. The number of methoxy groups -OCH3 is 1. The van der Waals surface area contributed by atoms with Crippen LogP contribution in [-0.4, -0.2) is 26.2 Å². The summed E-state index contributed by atoms with van der Waals surface area (Å²) >= 11 is 0. The van der Waals surface area contributed by atoms with Gasteiger partial charge >= 0.3 is 0 Å². The van der Waals surface area contributed by atoms with Gasteiger partial charge in [0.1, 0.15) is 0 Å². The van der Waals surface area contributed by atoms with E-state index < -0.39 is 0 Å². The molecule has 0 aliphatic carbocycles. The molecule has 0 fully saturated rings. The molecule has 3 rings (SSSR count). The molecule has 2 heterocycles. The van der Waals surface area contributed by atoms with Crippen LogP contribution in [0.4, 0.5) is 4.39 Å². The standard InChI is InChI=1S/C14H13FN4O.2ClH/c1-20-14-6-12(2-3-13(14)15)19-8-11(17-10-19)7-18-5-4-16-9-18;;/h2-6,8-10H,7H2,1H3;2*1H. The molecule has 0 atom stereocenters. The SMILES string of the molecule is COc1cc(-n2cnc(Cn3ccnc3)c2)ccc1F.Cl.Cl. The number of aromatic nitrogens is 4. The third-order valence-corrected chi connectivity index (χ3v) is 2.97. The second-order valence-corrected chi connectivity index (χ2v) is 4.33. The van der Waals surface area contributed by atoms with Crippen LogP contribution in [0.3, 0.4) is 0 Å². The summed E-state index contributed by atoms with van der Waals surface area (Å²) < 4.78 is 22.1. The van der Waals surface area contributed by atoms with E-state index in [9.17, 15) is 4.39 Å². The lowest BCUT2D eigenvalue weighted by Gasteiger charge is -2.06. The molecule has 0 radical (unpaired) electrons. The molecule has 22 heavy (non-hydrogen) atoms. The molecule has 0 spiro atoms. The minimum Gasteiger partial charge on any atom is -0.494 e. The molecule has 1 aromatic carbocycles. The summed E-state index contributed by atoms with van der Waals surface area (Å²) in [6, 6.07) is 4.70. The van der Waals surface area contributed by atoms with Crippen molar-refractivity contribution in [3.8, 4) is 11.4 Å². The van der Waals surface area contributed by atoms with Crippen molar-refractivity contribution >= 4 is 24.8 Å². The fourth-order valence-corrected chi connectivity index (χ4v) is 1.96. The van der Waals surface area contributed by atoms with Gasteiger partial charge < -0.3 is 13.9 Å². The van der Waals surface area contributed by atoms with E-state index in [2.05, 4.69) is 9.97 Å². The van der Waals surface area contributed by atoms with E-state index in [0.29, 0.717) is 6.54 Å². The van der Waals surface area contributed by atoms with Gasteiger partial charge in [-0.15, -0.1) is 24.8 Å². The largest absolute Gasteiger partial charge is 0.494 e. The lowest BCUT2D eigenvalue weighted by molar-refractivity contribution is 0.386. The Hall–Kier alpha value is -2.05. The summed E-state index contributed by atoms with van der Waals surface area (Å²) in [6.07, 6.45) is 8.92. The van der Waals surface area contributed by atoms with Gasteiger partial charge in [-0.2, -0.15) is 0 Å². The molecule has 3 aromatic rings. The highest BCUT2D eigenvalue weighted by Crippen LogP contribution is 2.21. The summed E-state index contributed by atoms with van der Waals surface area (Å²) in [7, 11) is 1.45. The van der Waals surface area contributed by atoms with E-state index in [4.69, 9.17) is 4.74 Å². The molecular formula is C14H15Cl2FN4O. The van der Waals surface area contributed by atoms with Crippen LogP contribution in [0.2, 0.25) is 0 Å². The van der Waals surface area contributed by atoms with Crippen LogP contribution in [0.15, 0.2) is 49.4 Å². The summed E-state index contributed by atoms with van der Waals surface area (Å²) in [4.78, 5) is 8.31. The Morgan fingerprint density at radius 1 is 1.23 bits per heavy atom. The average molecular weight is 345 g/mol. The molecule has 2 aromatic heterocycles. The second kappa shape index (κ2) is 7.82. The Morgan fingerprint density at radius 3 is 2.73 bits per heavy atom. The van der Waals surface area contributed by atoms with Crippen LogP contribution in [0, 0.1) is 5.82 Å². The first-order chi connectivity index (χ1) is 9.76. The zero-order valence-electron chi connectivity index (χ0n) is 11.7. The van der Waals surface area contributed by atoms with Gasteiger partial charge in [-0.1, -0.05) is 0 Å². The number of benzene rings is 1. The van der Waals surface area contributed by atoms with Crippen molar-refractivity contribution in [3.63, 3.8) is 0 Å². The van der Waals surface area contributed by atoms with Crippen LogP contribution in [-0.2, 0) is 6.54 Å². The lowest BCUT2D eigenvalue weighted by Crippen LogP contribution is -1.97. The minimum absolute atomic E-state index is 0. The highest BCUT2D eigenvalue weighted by molar-refractivity contribution is 5.85. The molecule has 0 saturated heterocycles. The molecular weight excluding hydrogens is 330 g/mol. The van der Waals surface area contributed by atoms with Gasteiger partial charge in [-0.25, -0.2) is 14.4 Å². The van der Waals surface area contributed by atoms with Crippen molar-refractivity contribution in [1.82, 2.24) is 19.1 Å². The van der Waals surface area contributed by atoms with E-state index in [0.717, 1.165) is 11.4 Å². The Morgan fingerprint density at radius 2 is 2.05 bits per heavy atom. The molecule has 0 bridgehead atoms. The average Bonchev–Trinajstić information content (AvgIpc) is 3.12. The Labute approximate surface area is 139 Å². The fraction of sp³-hybridized carbons (Fsp3) is 0.143. The van der Waals surface area contributed by atoms with E-state index in [1.54, 1.807) is 31.0 Å². The van der Waals surface area contributed by atoms with E-state index >= 15 is 0 Å². The normalized spacial score (nSPS) is 9.73. The van der Waals surface area contributed by atoms with Crippen molar-refractivity contribution in [3.05, 3.63) is 61.0 Å². The number of rotatable bonds is 4. The number of halogens is 3. The molecule has 8 heteroatoms. The highest BCUT2D eigenvalue weighted by atomic mass is 35.5. The zero-order valence-corrected chi connectivity index (χ0v) is 13.4. The molecule has 0 aliphatic heterocycles. The molecule has 118 valence electrons. The maximum atomic E-state index is 13.4. The van der Waals surface area contributed by atoms with Crippen LogP contribution < -0.4 is 4.74 Å². The number of hydrogen-bond donors (Lipinski definition) is 0. The first-order valence-electron chi connectivity index (χ1n) is 6.09. The van der Waals surface area contributed by atoms with Crippen molar-refractivity contribution in [1.29, 1.82) is 0 Å². The van der Waals surface area contributed by atoms with Gasteiger partial charge in [0, 0.05) is 24.7 Å². The third-order valence-electron chi connectivity index (χ3n) is 2.97. The van der Waals surface area contributed by atoms with Crippen molar-refractivity contribution < 1.29 is 9.13 Å². The second-order valence-electron chi connectivity index (χ2n) is 4.33. The number of ether oxygens (including phenoxy) is 1. The maximum absolute atomic E-state index is 13.4. The predicted molar refractivity (Wildman–Crippen MR) is 85.9 cm³/mol. The quantitative estimate of drug-likeness (QED) is 0.730. The topological polar surface area (TPSA) is 44.9 Å².